The van der Waals surface area contributed by atoms with E-state index in [1.807, 2.05) is 14.0 Å². The highest BCUT2D eigenvalue weighted by Gasteiger charge is 2.15. The minimum Gasteiger partial charge on any atom is -0.383 e. The van der Waals surface area contributed by atoms with Crippen LogP contribution in [0.5, 0.6) is 0 Å². The Morgan fingerprint density at radius 1 is 1.44 bits per heavy atom. The van der Waals surface area contributed by atoms with Crippen LogP contribution in [0, 0.1) is 12.8 Å². The highest BCUT2D eigenvalue weighted by Crippen LogP contribution is 2.20. The second-order valence-electron chi connectivity index (χ2n) is 5.10. The number of ether oxygens (including phenoxy) is 1. The van der Waals surface area contributed by atoms with Crippen LogP contribution in [0.25, 0.3) is 0 Å². The Hall–Kier alpha value is -0.580. The SMILES string of the molecule is COCCN(Cc1c(C)nn(C)c1Cl)CC(C)C. The molecule has 104 valence electrons. The highest BCUT2D eigenvalue weighted by atomic mass is 35.5. The van der Waals surface area contributed by atoms with Gasteiger partial charge in [0, 0.05) is 39.4 Å². The van der Waals surface area contributed by atoms with Crippen molar-refractivity contribution in [2.24, 2.45) is 13.0 Å². The molecule has 0 aromatic carbocycles. The van der Waals surface area contributed by atoms with Gasteiger partial charge in [-0.3, -0.25) is 9.58 Å². The van der Waals surface area contributed by atoms with Crippen molar-refractivity contribution in [3.8, 4) is 0 Å². The van der Waals surface area contributed by atoms with E-state index in [2.05, 4.69) is 23.8 Å². The molecule has 0 saturated carbocycles. The topological polar surface area (TPSA) is 30.3 Å². The van der Waals surface area contributed by atoms with Crippen LogP contribution in [-0.4, -0.2) is 41.5 Å². The summed E-state index contributed by atoms with van der Waals surface area (Å²) >= 11 is 6.27. The minimum atomic E-state index is 0.623. The van der Waals surface area contributed by atoms with Crippen molar-refractivity contribution in [2.75, 3.05) is 26.8 Å². The molecular formula is C13H24ClN3O. The molecular weight excluding hydrogens is 250 g/mol. The fourth-order valence-corrected chi connectivity index (χ4v) is 2.28. The van der Waals surface area contributed by atoms with Gasteiger partial charge in [0.2, 0.25) is 0 Å². The first-order valence-corrected chi connectivity index (χ1v) is 6.72. The summed E-state index contributed by atoms with van der Waals surface area (Å²) in [6.45, 7) is 9.97. The number of halogens is 1. The van der Waals surface area contributed by atoms with Crippen molar-refractivity contribution < 1.29 is 4.74 Å². The summed E-state index contributed by atoms with van der Waals surface area (Å²) in [4.78, 5) is 2.37. The van der Waals surface area contributed by atoms with Crippen molar-refractivity contribution >= 4 is 11.6 Å². The summed E-state index contributed by atoms with van der Waals surface area (Å²) in [6, 6.07) is 0. The third-order valence-electron chi connectivity index (χ3n) is 2.89. The first kappa shape index (κ1) is 15.5. The maximum absolute atomic E-state index is 6.27. The monoisotopic (exact) mass is 273 g/mol. The molecule has 0 bridgehead atoms. The van der Waals surface area contributed by atoms with Gasteiger partial charge in [-0.2, -0.15) is 5.10 Å². The fourth-order valence-electron chi connectivity index (χ4n) is 2.05. The van der Waals surface area contributed by atoms with Gasteiger partial charge in [0.25, 0.3) is 0 Å². The summed E-state index contributed by atoms with van der Waals surface area (Å²) in [5.74, 6) is 0.623. The van der Waals surface area contributed by atoms with Gasteiger partial charge in [0.15, 0.2) is 0 Å². The number of aryl methyl sites for hydroxylation is 2. The number of rotatable bonds is 7. The van der Waals surface area contributed by atoms with Gasteiger partial charge in [-0.1, -0.05) is 25.4 Å². The summed E-state index contributed by atoms with van der Waals surface area (Å²) in [7, 11) is 3.61. The van der Waals surface area contributed by atoms with E-state index >= 15 is 0 Å². The normalized spacial score (nSPS) is 11.8. The first-order chi connectivity index (χ1) is 8.45. The molecule has 0 spiro atoms. The van der Waals surface area contributed by atoms with E-state index in [-0.39, 0.29) is 0 Å². The van der Waals surface area contributed by atoms with Crippen LogP contribution in [0.2, 0.25) is 5.15 Å². The predicted molar refractivity (Wildman–Crippen MR) is 74.9 cm³/mol. The fraction of sp³-hybridized carbons (Fsp3) is 0.769. The zero-order valence-corrected chi connectivity index (χ0v) is 12.8. The van der Waals surface area contributed by atoms with Crippen molar-refractivity contribution in [3.63, 3.8) is 0 Å². The van der Waals surface area contributed by atoms with E-state index in [9.17, 15) is 0 Å². The summed E-state index contributed by atoms with van der Waals surface area (Å²) in [5.41, 5.74) is 2.13. The van der Waals surface area contributed by atoms with Crippen LogP contribution >= 0.6 is 11.6 Å². The van der Waals surface area contributed by atoms with Gasteiger partial charge in [-0.25, -0.2) is 0 Å². The van der Waals surface area contributed by atoms with Gasteiger partial charge in [-0.15, -0.1) is 0 Å². The van der Waals surface area contributed by atoms with Gasteiger partial charge in [0.05, 0.1) is 12.3 Å². The Kier molecular flexibility index (Phi) is 6.12. The summed E-state index contributed by atoms with van der Waals surface area (Å²) in [6.07, 6.45) is 0. The molecule has 5 heteroatoms. The highest BCUT2D eigenvalue weighted by molar-refractivity contribution is 6.30. The van der Waals surface area contributed by atoms with Gasteiger partial charge in [0.1, 0.15) is 5.15 Å². The van der Waals surface area contributed by atoms with Gasteiger partial charge >= 0.3 is 0 Å². The number of hydrogen-bond donors (Lipinski definition) is 0. The van der Waals surface area contributed by atoms with Gasteiger partial charge < -0.3 is 4.74 Å². The standard InChI is InChI=1S/C13H24ClN3O/c1-10(2)8-17(6-7-18-5)9-12-11(3)15-16(4)13(12)14/h10H,6-9H2,1-5H3. The largest absolute Gasteiger partial charge is 0.383 e. The van der Waals surface area contributed by atoms with Crippen molar-refractivity contribution in [2.45, 2.75) is 27.3 Å². The van der Waals surface area contributed by atoms with Crippen LogP contribution in [0.1, 0.15) is 25.1 Å². The molecule has 0 radical (unpaired) electrons. The molecule has 0 aliphatic carbocycles. The molecule has 0 aliphatic heterocycles. The second kappa shape index (κ2) is 7.12. The average Bonchev–Trinajstić information content (AvgIpc) is 2.52. The summed E-state index contributed by atoms with van der Waals surface area (Å²) < 4.78 is 6.89. The minimum absolute atomic E-state index is 0.623. The van der Waals surface area contributed by atoms with Crippen LogP contribution in [0.15, 0.2) is 0 Å². The number of methoxy groups -OCH3 is 1. The molecule has 1 rings (SSSR count). The van der Waals surface area contributed by atoms with E-state index in [4.69, 9.17) is 16.3 Å². The first-order valence-electron chi connectivity index (χ1n) is 6.35. The summed E-state index contributed by atoms with van der Waals surface area (Å²) in [5, 5.41) is 5.08. The average molecular weight is 274 g/mol. The van der Waals surface area contributed by atoms with E-state index in [1.165, 1.54) is 0 Å². The molecule has 1 aromatic rings. The lowest BCUT2D eigenvalue weighted by Gasteiger charge is -2.23. The van der Waals surface area contributed by atoms with E-state index in [0.717, 1.165) is 42.7 Å². The van der Waals surface area contributed by atoms with Crippen LogP contribution in [0.4, 0.5) is 0 Å². The number of aromatic nitrogens is 2. The smallest absolute Gasteiger partial charge is 0.131 e. The predicted octanol–water partition coefficient (Wildman–Crippen LogP) is 2.49. The lowest BCUT2D eigenvalue weighted by molar-refractivity contribution is 0.136. The maximum atomic E-state index is 6.27. The Morgan fingerprint density at radius 3 is 2.56 bits per heavy atom. The van der Waals surface area contributed by atoms with Crippen LogP contribution in [0.3, 0.4) is 0 Å². The van der Waals surface area contributed by atoms with E-state index in [1.54, 1.807) is 11.8 Å². The second-order valence-corrected chi connectivity index (χ2v) is 5.46. The van der Waals surface area contributed by atoms with Crippen molar-refractivity contribution in [3.05, 3.63) is 16.4 Å². The van der Waals surface area contributed by atoms with Crippen LogP contribution in [-0.2, 0) is 18.3 Å². The molecule has 0 saturated heterocycles. The molecule has 0 aliphatic rings. The molecule has 18 heavy (non-hydrogen) atoms. The van der Waals surface area contributed by atoms with Crippen LogP contribution < -0.4 is 0 Å². The Labute approximate surface area is 115 Å². The lowest BCUT2D eigenvalue weighted by atomic mass is 10.2. The molecule has 0 N–H and O–H groups in total. The molecule has 0 atom stereocenters. The van der Waals surface area contributed by atoms with E-state index in [0.29, 0.717) is 5.92 Å². The third-order valence-corrected chi connectivity index (χ3v) is 3.36. The number of nitrogens with zero attached hydrogens (tertiary/aromatic N) is 3. The maximum Gasteiger partial charge on any atom is 0.131 e. The Morgan fingerprint density at radius 2 is 2.11 bits per heavy atom. The molecule has 0 fully saturated rings. The number of hydrogen-bond acceptors (Lipinski definition) is 3. The molecule has 1 heterocycles. The zero-order chi connectivity index (χ0) is 13.7. The Bertz CT molecular complexity index is 377. The van der Waals surface area contributed by atoms with Crippen molar-refractivity contribution in [1.82, 2.24) is 14.7 Å². The van der Waals surface area contributed by atoms with E-state index < -0.39 is 0 Å². The van der Waals surface area contributed by atoms with Gasteiger partial charge in [-0.05, 0) is 12.8 Å². The lowest BCUT2D eigenvalue weighted by Crippen LogP contribution is -2.30. The quantitative estimate of drug-likeness (QED) is 0.765. The third kappa shape index (κ3) is 4.26. The molecule has 0 unspecified atom stereocenters. The Balaban J connectivity index is 2.74. The van der Waals surface area contributed by atoms with Crippen molar-refractivity contribution in [1.29, 1.82) is 0 Å². The molecule has 1 aromatic heterocycles. The molecule has 4 nitrogen and oxygen atoms in total. The zero-order valence-electron chi connectivity index (χ0n) is 12.0. The molecule has 0 amide bonds.